The molecule has 0 saturated carbocycles. The molecule has 8 heteroatoms. The van der Waals surface area contributed by atoms with E-state index in [-0.39, 0.29) is 6.54 Å². The first-order valence-electron chi connectivity index (χ1n) is 5.69. The number of nitrogens with zero attached hydrogens (tertiary/aromatic N) is 1. The maximum absolute atomic E-state index is 13.6. The van der Waals surface area contributed by atoms with Crippen LogP contribution in [0.1, 0.15) is 10.4 Å². The molecule has 0 spiro atoms. The number of aromatic hydroxyl groups is 1. The van der Waals surface area contributed by atoms with Gasteiger partial charge in [0.05, 0.1) is 0 Å². The minimum Gasteiger partial charge on any atom is -0.507 e. The highest BCUT2D eigenvalue weighted by Crippen LogP contribution is 2.23. The molecular formula is C12H11FN2O5. The molecule has 0 aliphatic carbocycles. The third-order valence-electron chi connectivity index (χ3n) is 2.93. The van der Waals surface area contributed by atoms with Gasteiger partial charge in [0.2, 0.25) is 5.91 Å². The van der Waals surface area contributed by atoms with E-state index in [2.05, 4.69) is 5.32 Å². The first kappa shape index (κ1) is 13.8. The predicted octanol–water partition coefficient (Wildman–Crippen LogP) is -0.443. The number of phenols is 1. The zero-order valence-electron chi connectivity index (χ0n) is 10.2. The van der Waals surface area contributed by atoms with E-state index in [0.29, 0.717) is 0 Å². The van der Waals surface area contributed by atoms with Crippen molar-refractivity contribution in [2.24, 2.45) is 0 Å². The highest BCUT2D eigenvalue weighted by molar-refractivity contribution is 6.01. The smallest absolute Gasteiger partial charge is 0.328 e. The number of carbonyl (C=O) groups is 3. The molecule has 1 heterocycles. The molecule has 1 saturated heterocycles. The van der Waals surface area contributed by atoms with Gasteiger partial charge in [-0.3, -0.25) is 9.59 Å². The maximum Gasteiger partial charge on any atom is 0.328 e. The molecule has 2 amide bonds. The van der Waals surface area contributed by atoms with E-state index < -0.39 is 47.5 Å². The SMILES string of the molecule is O=C1CN(C(=O)c2c(O)cccc2F)C(C(=O)O)CN1. The van der Waals surface area contributed by atoms with Crippen LogP contribution in [0.4, 0.5) is 4.39 Å². The number of hydrogen-bond acceptors (Lipinski definition) is 4. The summed E-state index contributed by atoms with van der Waals surface area (Å²) >= 11 is 0. The molecule has 0 aromatic heterocycles. The van der Waals surface area contributed by atoms with Crippen molar-refractivity contribution < 1.29 is 29.0 Å². The fraction of sp³-hybridized carbons (Fsp3) is 0.250. The van der Waals surface area contributed by atoms with E-state index >= 15 is 0 Å². The second-order valence-corrected chi connectivity index (χ2v) is 4.23. The Bertz CT molecular complexity index is 569. The first-order valence-corrected chi connectivity index (χ1v) is 5.69. The van der Waals surface area contributed by atoms with Crippen LogP contribution in [0.2, 0.25) is 0 Å². The monoisotopic (exact) mass is 282 g/mol. The minimum atomic E-state index is -1.32. The lowest BCUT2D eigenvalue weighted by molar-refractivity contribution is -0.144. The summed E-state index contributed by atoms with van der Waals surface area (Å²) in [5.74, 6) is -4.50. The van der Waals surface area contributed by atoms with Crippen LogP contribution in [0.5, 0.6) is 5.75 Å². The van der Waals surface area contributed by atoms with E-state index in [0.717, 1.165) is 17.0 Å². The summed E-state index contributed by atoms with van der Waals surface area (Å²) in [5, 5.41) is 20.9. The number of carbonyl (C=O) groups excluding carboxylic acids is 2. The molecule has 106 valence electrons. The summed E-state index contributed by atoms with van der Waals surface area (Å²) in [5.41, 5.74) is -0.645. The summed E-state index contributed by atoms with van der Waals surface area (Å²) in [6.07, 6.45) is 0. The van der Waals surface area contributed by atoms with Crippen LogP contribution in [0, 0.1) is 5.82 Å². The molecule has 1 atom stereocenters. The lowest BCUT2D eigenvalue weighted by atomic mass is 10.1. The van der Waals surface area contributed by atoms with Gasteiger partial charge in [-0.15, -0.1) is 0 Å². The van der Waals surface area contributed by atoms with Gasteiger partial charge in [0.25, 0.3) is 5.91 Å². The predicted molar refractivity (Wildman–Crippen MR) is 63.5 cm³/mol. The van der Waals surface area contributed by atoms with Gasteiger partial charge >= 0.3 is 5.97 Å². The Balaban J connectivity index is 2.39. The molecule has 1 aliphatic heterocycles. The number of aliphatic carboxylic acids is 1. The van der Waals surface area contributed by atoms with Crippen molar-refractivity contribution in [3.05, 3.63) is 29.6 Å². The minimum absolute atomic E-state index is 0.269. The summed E-state index contributed by atoms with van der Waals surface area (Å²) in [6.45, 7) is -0.779. The molecule has 2 rings (SSSR count). The number of piperazine rings is 1. The quantitative estimate of drug-likeness (QED) is 0.681. The summed E-state index contributed by atoms with van der Waals surface area (Å²) in [7, 11) is 0. The molecule has 7 nitrogen and oxygen atoms in total. The number of benzene rings is 1. The van der Waals surface area contributed by atoms with E-state index in [1.807, 2.05) is 0 Å². The Kier molecular flexibility index (Phi) is 3.55. The number of nitrogens with one attached hydrogen (secondary N) is 1. The van der Waals surface area contributed by atoms with Gasteiger partial charge in [0.1, 0.15) is 29.7 Å². The highest BCUT2D eigenvalue weighted by atomic mass is 19.1. The number of hydrogen-bond donors (Lipinski definition) is 3. The molecule has 1 aliphatic rings. The molecular weight excluding hydrogens is 271 g/mol. The molecule has 20 heavy (non-hydrogen) atoms. The van der Waals surface area contributed by atoms with E-state index in [1.54, 1.807) is 0 Å². The zero-order valence-corrected chi connectivity index (χ0v) is 10.2. The molecule has 1 fully saturated rings. The normalized spacial score (nSPS) is 18.6. The average Bonchev–Trinajstić information content (AvgIpc) is 2.37. The number of rotatable bonds is 2. The fourth-order valence-electron chi connectivity index (χ4n) is 1.94. The number of amides is 2. The number of phenolic OH excluding ortho intramolecular Hbond substituents is 1. The van der Waals surface area contributed by atoms with Crippen LogP contribution < -0.4 is 5.32 Å². The molecule has 3 N–H and O–H groups in total. The van der Waals surface area contributed by atoms with Crippen LogP contribution in [0.3, 0.4) is 0 Å². The topological polar surface area (TPSA) is 107 Å². The highest BCUT2D eigenvalue weighted by Gasteiger charge is 2.37. The largest absolute Gasteiger partial charge is 0.507 e. The average molecular weight is 282 g/mol. The molecule has 0 bridgehead atoms. The van der Waals surface area contributed by atoms with Crippen molar-refractivity contribution in [1.29, 1.82) is 0 Å². The van der Waals surface area contributed by atoms with Crippen molar-refractivity contribution in [2.75, 3.05) is 13.1 Å². The van der Waals surface area contributed by atoms with Gasteiger partial charge in [0, 0.05) is 6.54 Å². The van der Waals surface area contributed by atoms with E-state index in [9.17, 15) is 23.9 Å². The second kappa shape index (κ2) is 5.16. The lowest BCUT2D eigenvalue weighted by Gasteiger charge is -2.32. The van der Waals surface area contributed by atoms with Crippen molar-refractivity contribution in [2.45, 2.75) is 6.04 Å². The molecule has 1 unspecified atom stereocenters. The summed E-state index contributed by atoms with van der Waals surface area (Å²) in [4.78, 5) is 35.3. The fourth-order valence-corrected chi connectivity index (χ4v) is 1.94. The van der Waals surface area contributed by atoms with Crippen molar-refractivity contribution in [3.8, 4) is 5.75 Å². The van der Waals surface area contributed by atoms with Crippen LogP contribution in [0.15, 0.2) is 18.2 Å². The van der Waals surface area contributed by atoms with Crippen LogP contribution in [-0.4, -0.2) is 52.0 Å². The third-order valence-corrected chi connectivity index (χ3v) is 2.93. The molecule has 1 aromatic carbocycles. The Morgan fingerprint density at radius 3 is 2.70 bits per heavy atom. The van der Waals surface area contributed by atoms with Gasteiger partial charge in [-0.05, 0) is 12.1 Å². The van der Waals surface area contributed by atoms with Gasteiger partial charge in [-0.25, -0.2) is 9.18 Å². The zero-order chi connectivity index (χ0) is 14.9. The molecule has 1 aromatic rings. The summed E-state index contributed by atoms with van der Waals surface area (Å²) < 4.78 is 13.6. The number of carboxylic acids is 1. The standard InChI is InChI=1S/C12H11FN2O5/c13-6-2-1-3-8(16)10(6)11(18)15-5-9(17)14-4-7(15)12(19)20/h1-3,7,16H,4-5H2,(H,14,17)(H,19,20). The van der Waals surface area contributed by atoms with Crippen molar-refractivity contribution in [3.63, 3.8) is 0 Å². The Labute approximate surface area is 112 Å². The van der Waals surface area contributed by atoms with Crippen molar-refractivity contribution in [1.82, 2.24) is 10.2 Å². The van der Waals surface area contributed by atoms with Gasteiger partial charge in [0.15, 0.2) is 0 Å². The maximum atomic E-state index is 13.6. The number of carboxylic acid groups (broad SMARTS) is 1. The van der Waals surface area contributed by atoms with E-state index in [1.165, 1.54) is 6.07 Å². The Hall–Kier alpha value is -2.64. The van der Waals surface area contributed by atoms with Crippen LogP contribution >= 0.6 is 0 Å². The lowest BCUT2D eigenvalue weighted by Crippen LogP contribution is -2.59. The second-order valence-electron chi connectivity index (χ2n) is 4.23. The van der Waals surface area contributed by atoms with E-state index in [4.69, 9.17) is 5.11 Å². The first-order chi connectivity index (χ1) is 9.41. The van der Waals surface area contributed by atoms with Crippen molar-refractivity contribution >= 4 is 17.8 Å². The molecule has 0 radical (unpaired) electrons. The number of halogens is 1. The van der Waals surface area contributed by atoms with Gasteiger partial charge in [-0.1, -0.05) is 6.07 Å². The van der Waals surface area contributed by atoms with Crippen LogP contribution in [-0.2, 0) is 9.59 Å². The Morgan fingerprint density at radius 2 is 2.10 bits per heavy atom. The third kappa shape index (κ3) is 2.40. The van der Waals surface area contributed by atoms with Crippen LogP contribution in [0.25, 0.3) is 0 Å². The Morgan fingerprint density at radius 1 is 1.40 bits per heavy atom. The van der Waals surface area contributed by atoms with Gasteiger partial charge < -0.3 is 20.4 Å². The summed E-state index contributed by atoms with van der Waals surface area (Å²) in [6, 6.07) is 1.97. The van der Waals surface area contributed by atoms with Gasteiger partial charge in [-0.2, -0.15) is 0 Å².